The number of rotatable bonds is 3. The van der Waals surface area contributed by atoms with Gasteiger partial charge >= 0.3 is 6.18 Å². The van der Waals surface area contributed by atoms with E-state index in [4.69, 9.17) is 0 Å². The number of hydrogen-bond donors (Lipinski definition) is 1. The Kier molecular flexibility index (Phi) is 4.24. The van der Waals surface area contributed by atoms with Crippen LogP contribution in [0.5, 0.6) is 0 Å². The largest absolute Gasteiger partial charge is 0.416 e. The minimum absolute atomic E-state index is 0.0940. The first-order chi connectivity index (χ1) is 11.8. The van der Waals surface area contributed by atoms with Crippen LogP contribution in [0, 0.1) is 6.92 Å². The zero-order valence-electron chi connectivity index (χ0n) is 13.7. The number of nitrogens with zero attached hydrogens (tertiary/aromatic N) is 2. The smallest absolute Gasteiger partial charge is 0.322 e. The number of hydrogen-bond acceptors (Lipinski definition) is 2. The fraction of sp³-hybridized carbons (Fsp3) is 0.222. The Labute approximate surface area is 142 Å². The van der Waals surface area contributed by atoms with Crippen molar-refractivity contribution in [3.05, 3.63) is 65.1 Å². The van der Waals surface area contributed by atoms with Crippen molar-refractivity contribution in [2.75, 3.05) is 5.32 Å². The monoisotopic (exact) mass is 347 g/mol. The predicted octanol–water partition coefficient (Wildman–Crippen LogP) is 4.48. The standard InChI is InChI=1S/C18H16F3N3O/c1-3-15-11(2)24-10-12(7-8-16(24)23-15)17(25)22-14-6-4-5-13(9-14)18(19,20)21/h4-10H,3H2,1-2H3,(H,22,25). The molecule has 0 aliphatic carbocycles. The number of aromatic nitrogens is 2. The Morgan fingerprint density at radius 3 is 2.68 bits per heavy atom. The van der Waals surface area contributed by atoms with E-state index < -0.39 is 17.6 Å². The van der Waals surface area contributed by atoms with Crippen molar-refractivity contribution in [1.29, 1.82) is 0 Å². The highest BCUT2D eigenvalue weighted by molar-refractivity contribution is 6.04. The second kappa shape index (κ2) is 6.23. The number of fused-ring (bicyclic) bond motifs is 1. The summed E-state index contributed by atoms with van der Waals surface area (Å²) in [5, 5.41) is 2.50. The second-order valence-corrected chi connectivity index (χ2v) is 5.68. The van der Waals surface area contributed by atoms with Crippen molar-refractivity contribution in [3.8, 4) is 0 Å². The number of pyridine rings is 1. The summed E-state index contributed by atoms with van der Waals surface area (Å²) in [5.41, 5.74) is 2.23. The molecule has 4 nitrogen and oxygen atoms in total. The molecule has 3 aromatic rings. The molecule has 25 heavy (non-hydrogen) atoms. The highest BCUT2D eigenvalue weighted by Crippen LogP contribution is 2.30. The minimum atomic E-state index is -4.45. The molecular weight excluding hydrogens is 331 g/mol. The molecule has 2 aromatic heterocycles. The lowest BCUT2D eigenvalue weighted by atomic mass is 10.2. The van der Waals surface area contributed by atoms with E-state index in [9.17, 15) is 18.0 Å². The summed E-state index contributed by atoms with van der Waals surface area (Å²) in [7, 11) is 0. The van der Waals surface area contributed by atoms with Gasteiger partial charge in [0.2, 0.25) is 0 Å². The van der Waals surface area contributed by atoms with Gasteiger partial charge < -0.3 is 9.72 Å². The van der Waals surface area contributed by atoms with Crippen molar-refractivity contribution < 1.29 is 18.0 Å². The third-order valence-electron chi connectivity index (χ3n) is 4.00. The lowest BCUT2D eigenvalue weighted by molar-refractivity contribution is -0.137. The summed E-state index contributed by atoms with van der Waals surface area (Å²) in [4.78, 5) is 16.8. The molecule has 1 amide bonds. The topological polar surface area (TPSA) is 46.4 Å². The van der Waals surface area contributed by atoms with Crippen molar-refractivity contribution >= 4 is 17.2 Å². The lowest BCUT2D eigenvalue weighted by Crippen LogP contribution is -2.14. The molecule has 130 valence electrons. The molecule has 0 unspecified atom stereocenters. The van der Waals surface area contributed by atoms with E-state index in [1.54, 1.807) is 22.7 Å². The van der Waals surface area contributed by atoms with Gasteiger partial charge in [-0.3, -0.25) is 4.79 Å². The Hall–Kier alpha value is -2.83. The molecule has 2 heterocycles. The number of anilines is 1. The molecule has 0 atom stereocenters. The first-order valence-corrected chi connectivity index (χ1v) is 7.76. The summed E-state index contributed by atoms with van der Waals surface area (Å²) >= 11 is 0. The lowest BCUT2D eigenvalue weighted by Gasteiger charge is -2.10. The molecule has 1 aromatic carbocycles. The molecule has 0 aliphatic rings. The SMILES string of the molecule is CCc1nc2ccc(C(=O)Nc3cccc(C(F)(F)F)c3)cn2c1C. The normalized spacial score (nSPS) is 11.7. The number of amides is 1. The molecule has 0 saturated heterocycles. The number of nitrogens with one attached hydrogen (secondary N) is 1. The highest BCUT2D eigenvalue weighted by atomic mass is 19.4. The van der Waals surface area contributed by atoms with Crippen molar-refractivity contribution in [2.24, 2.45) is 0 Å². The van der Waals surface area contributed by atoms with E-state index in [1.807, 2.05) is 13.8 Å². The van der Waals surface area contributed by atoms with Crippen LogP contribution >= 0.6 is 0 Å². The van der Waals surface area contributed by atoms with Crippen LogP contribution in [0.25, 0.3) is 5.65 Å². The van der Waals surface area contributed by atoms with Gasteiger partial charge in [0.25, 0.3) is 5.91 Å². The van der Waals surface area contributed by atoms with Gasteiger partial charge in [0.15, 0.2) is 0 Å². The van der Waals surface area contributed by atoms with Crippen LogP contribution in [-0.4, -0.2) is 15.3 Å². The van der Waals surface area contributed by atoms with Crippen LogP contribution in [0.1, 0.15) is 34.2 Å². The zero-order valence-corrected chi connectivity index (χ0v) is 13.7. The molecular formula is C18H16F3N3O. The highest BCUT2D eigenvalue weighted by Gasteiger charge is 2.30. The third-order valence-corrected chi connectivity index (χ3v) is 4.00. The van der Waals surface area contributed by atoms with E-state index >= 15 is 0 Å². The molecule has 0 aliphatic heterocycles. The number of carbonyl (C=O) groups excluding carboxylic acids is 1. The number of alkyl halides is 3. The van der Waals surface area contributed by atoms with Crippen LogP contribution in [0.3, 0.4) is 0 Å². The van der Waals surface area contributed by atoms with Gasteiger partial charge in [0.05, 0.1) is 16.8 Å². The zero-order chi connectivity index (χ0) is 18.2. The quantitative estimate of drug-likeness (QED) is 0.759. The summed E-state index contributed by atoms with van der Waals surface area (Å²) < 4.78 is 40.1. The average molecular weight is 347 g/mol. The van der Waals surface area contributed by atoms with E-state index in [-0.39, 0.29) is 5.69 Å². The van der Waals surface area contributed by atoms with Crippen LogP contribution in [-0.2, 0) is 12.6 Å². The molecule has 0 radical (unpaired) electrons. The maximum absolute atomic E-state index is 12.8. The van der Waals surface area contributed by atoms with Gasteiger partial charge in [-0.25, -0.2) is 4.98 Å². The molecule has 0 bridgehead atoms. The van der Waals surface area contributed by atoms with Gasteiger partial charge in [-0.05, 0) is 43.7 Å². The van der Waals surface area contributed by atoms with Crippen LogP contribution in [0.2, 0.25) is 0 Å². The fourth-order valence-corrected chi connectivity index (χ4v) is 2.66. The second-order valence-electron chi connectivity index (χ2n) is 5.68. The summed E-state index contributed by atoms with van der Waals surface area (Å²) in [5.74, 6) is -0.479. The van der Waals surface area contributed by atoms with E-state index in [2.05, 4.69) is 10.3 Å². The molecule has 7 heteroatoms. The average Bonchev–Trinajstić information content (AvgIpc) is 2.90. The first kappa shape index (κ1) is 17.0. The first-order valence-electron chi connectivity index (χ1n) is 7.76. The summed E-state index contributed by atoms with van der Waals surface area (Å²) in [6.45, 7) is 3.91. The Balaban J connectivity index is 1.89. The Morgan fingerprint density at radius 2 is 2.00 bits per heavy atom. The minimum Gasteiger partial charge on any atom is -0.322 e. The molecule has 0 saturated carbocycles. The van der Waals surface area contributed by atoms with Crippen molar-refractivity contribution in [3.63, 3.8) is 0 Å². The summed E-state index contributed by atoms with van der Waals surface area (Å²) in [6, 6.07) is 7.87. The number of carbonyl (C=O) groups is 1. The molecule has 0 fully saturated rings. The van der Waals surface area contributed by atoms with Gasteiger partial charge in [-0.2, -0.15) is 13.2 Å². The predicted molar refractivity (Wildman–Crippen MR) is 88.7 cm³/mol. The van der Waals surface area contributed by atoms with Crippen LogP contribution in [0.15, 0.2) is 42.6 Å². The molecule has 0 spiro atoms. The van der Waals surface area contributed by atoms with Crippen molar-refractivity contribution in [2.45, 2.75) is 26.4 Å². The maximum atomic E-state index is 12.8. The van der Waals surface area contributed by atoms with Crippen molar-refractivity contribution in [1.82, 2.24) is 9.38 Å². The number of aryl methyl sites for hydroxylation is 2. The molecule has 1 N–H and O–H groups in total. The number of halogens is 3. The van der Waals surface area contributed by atoms with Gasteiger partial charge in [0, 0.05) is 17.6 Å². The van der Waals surface area contributed by atoms with Crippen LogP contribution < -0.4 is 5.32 Å². The Morgan fingerprint density at radius 1 is 1.24 bits per heavy atom. The van der Waals surface area contributed by atoms with E-state index in [1.165, 1.54) is 12.1 Å². The molecule has 3 rings (SSSR count). The van der Waals surface area contributed by atoms with E-state index in [0.29, 0.717) is 5.56 Å². The number of benzene rings is 1. The van der Waals surface area contributed by atoms with Crippen LogP contribution in [0.4, 0.5) is 18.9 Å². The number of imidazole rings is 1. The Bertz CT molecular complexity index is 944. The van der Waals surface area contributed by atoms with Gasteiger partial charge in [0.1, 0.15) is 5.65 Å². The third kappa shape index (κ3) is 3.35. The fourth-order valence-electron chi connectivity index (χ4n) is 2.66. The summed E-state index contributed by atoms with van der Waals surface area (Å²) in [6.07, 6.45) is -2.04. The van der Waals surface area contributed by atoms with Gasteiger partial charge in [-0.15, -0.1) is 0 Å². The maximum Gasteiger partial charge on any atom is 0.416 e. The van der Waals surface area contributed by atoms with Gasteiger partial charge in [-0.1, -0.05) is 13.0 Å². The van der Waals surface area contributed by atoms with E-state index in [0.717, 1.165) is 35.6 Å².